The van der Waals surface area contributed by atoms with Gasteiger partial charge in [-0.05, 0) is 12.1 Å². The van der Waals surface area contributed by atoms with Crippen LogP contribution < -0.4 is 0 Å². The van der Waals surface area contributed by atoms with E-state index >= 15 is 0 Å². The van der Waals surface area contributed by atoms with E-state index in [1.807, 2.05) is 6.07 Å². The molecule has 0 unspecified atom stereocenters. The third-order valence-corrected chi connectivity index (χ3v) is 1.31. The van der Waals surface area contributed by atoms with Crippen LogP contribution in [0.15, 0.2) is 18.3 Å². The average Bonchev–Trinajstić information content (AvgIpc) is 1.89. The Bertz CT molecular complexity index is 292. The summed E-state index contributed by atoms with van der Waals surface area (Å²) in [5.41, 5.74) is 0.743. The van der Waals surface area contributed by atoms with E-state index in [2.05, 4.69) is 10.9 Å². The van der Waals surface area contributed by atoms with Crippen LogP contribution in [0.25, 0.3) is 0 Å². The second-order valence-corrected chi connectivity index (χ2v) is 1.97. The Hall–Kier alpha value is -1.07. The molecular weight excluding hydrogens is 130 g/mol. The fourth-order valence-electron chi connectivity index (χ4n) is 0.535. The Balaban J connectivity index is 3.38. The molecular formula is C7H5NS. The molecule has 0 aliphatic heterocycles. The van der Waals surface area contributed by atoms with Gasteiger partial charge in [0.1, 0.15) is 4.64 Å². The predicted molar refractivity (Wildman–Crippen MR) is 39.6 cm³/mol. The van der Waals surface area contributed by atoms with Gasteiger partial charge in [-0.3, -0.25) is 0 Å². The molecule has 0 saturated carbocycles. The van der Waals surface area contributed by atoms with Crippen LogP contribution in [-0.2, 0) is 0 Å². The summed E-state index contributed by atoms with van der Waals surface area (Å²) in [5.74, 6) is 2.46. The second kappa shape index (κ2) is 2.47. The fourth-order valence-corrected chi connectivity index (χ4v) is 0.730. The molecule has 0 spiro atoms. The lowest BCUT2D eigenvalue weighted by molar-refractivity contribution is 1.28. The molecule has 0 amide bonds. The van der Waals surface area contributed by atoms with E-state index in [4.69, 9.17) is 18.6 Å². The summed E-state index contributed by atoms with van der Waals surface area (Å²) < 4.78 is 0.625. The van der Waals surface area contributed by atoms with Gasteiger partial charge in [0.25, 0.3) is 0 Å². The number of rotatable bonds is 0. The maximum atomic E-state index is 5.11. The minimum absolute atomic E-state index is 0.625. The quantitative estimate of drug-likeness (QED) is 0.423. The number of terminal acetylenes is 1. The zero-order valence-electron chi connectivity index (χ0n) is 4.72. The summed E-state index contributed by atoms with van der Waals surface area (Å²) in [5, 5.41) is 0. The molecule has 0 radical (unpaired) electrons. The van der Waals surface area contributed by atoms with Crippen molar-refractivity contribution in [1.82, 2.24) is 4.98 Å². The van der Waals surface area contributed by atoms with Gasteiger partial charge in [-0.1, -0.05) is 18.1 Å². The maximum absolute atomic E-state index is 5.11. The molecule has 0 atom stereocenters. The van der Waals surface area contributed by atoms with Crippen molar-refractivity contribution in [3.8, 4) is 12.3 Å². The van der Waals surface area contributed by atoms with Crippen molar-refractivity contribution in [2.45, 2.75) is 0 Å². The van der Waals surface area contributed by atoms with Crippen LogP contribution in [0.4, 0.5) is 0 Å². The number of H-pyrrole nitrogens is 1. The van der Waals surface area contributed by atoms with Crippen molar-refractivity contribution in [2.75, 3.05) is 0 Å². The first-order valence-electron chi connectivity index (χ1n) is 2.49. The number of hydrogen-bond donors (Lipinski definition) is 1. The highest BCUT2D eigenvalue weighted by Crippen LogP contribution is 1.94. The molecule has 2 heteroatoms. The third kappa shape index (κ3) is 1.18. The van der Waals surface area contributed by atoms with Gasteiger partial charge in [0.05, 0.1) is 5.56 Å². The zero-order chi connectivity index (χ0) is 6.69. The molecule has 0 bridgehead atoms. The molecule has 1 aromatic rings. The number of aromatic nitrogens is 1. The lowest BCUT2D eigenvalue weighted by atomic mass is 10.3. The molecule has 9 heavy (non-hydrogen) atoms. The molecule has 0 saturated heterocycles. The van der Waals surface area contributed by atoms with Gasteiger partial charge in [0, 0.05) is 6.20 Å². The van der Waals surface area contributed by atoms with Crippen molar-refractivity contribution in [1.29, 1.82) is 0 Å². The molecule has 0 aliphatic carbocycles. The van der Waals surface area contributed by atoms with E-state index in [0.29, 0.717) is 4.64 Å². The highest BCUT2D eigenvalue weighted by molar-refractivity contribution is 7.71. The van der Waals surface area contributed by atoms with Crippen LogP contribution in [0.3, 0.4) is 0 Å². The number of nitrogens with one attached hydrogen (secondary N) is 1. The number of hydrogen-bond acceptors (Lipinski definition) is 1. The summed E-state index contributed by atoms with van der Waals surface area (Å²) in [6, 6.07) is 3.63. The normalized spacial score (nSPS) is 8.33. The standard InChI is InChI=1S/C7H5NS/c1-2-6-4-3-5-8-7(6)9/h1,3-5H,(H,8,9). The van der Waals surface area contributed by atoms with Gasteiger partial charge >= 0.3 is 0 Å². The maximum Gasteiger partial charge on any atom is 0.119 e. The molecule has 44 valence electrons. The predicted octanol–water partition coefficient (Wildman–Crippen LogP) is 1.73. The van der Waals surface area contributed by atoms with E-state index in [1.54, 1.807) is 12.3 Å². The minimum Gasteiger partial charge on any atom is -0.352 e. The Morgan fingerprint density at radius 3 is 2.89 bits per heavy atom. The van der Waals surface area contributed by atoms with Crippen LogP contribution >= 0.6 is 12.2 Å². The van der Waals surface area contributed by atoms with Gasteiger partial charge in [0.15, 0.2) is 0 Å². The second-order valence-electron chi connectivity index (χ2n) is 1.56. The fraction of sp³-hybridized carbons (Fsp3) is 0. The van der Waals surface area contributed by atoms with Gasteiger partial charge in [-0.25, -0.2) is 0 Å². The summed E-state index contributed by atoms with van der Waals surface area (Å²) in [4.78, 5) is 2.82. The molecule has 0 aliphatic rings. The van der Waals surface area contributed by atoms with Crippen LogP contribution in [-0.4, -0.2) is 4.98 Å². The lowest BCUT2D eigenvalue weighted by Gasteiger charge is -1.86. The van der Waals surface area contributed by atoms with E-state index in [0.717, 1.165) is 5.56 Å². The first-order valence-corrected chi connectivity index (χ1v) is 2.90. The van der Waals surface area contributed by atoms with E-state index in [-0.39, 0.29) is 0 Å². The molecule has 1 rings (SSSR count). The van der Waals surface area contributed by atoms with E-state index in [9.17, 15) is 0 Å². The lowest BCUT2D eigenvalue weighted by Crippen LogP contribution is -1.77. The largest absolute Gasteiger partial charge is 0.352 e. The molecule has 1 aromatic heterocycles. The molecule has 0 aromatic carbocycles. The monoisotopic (exact) mass is 135 g/mol. The van der Waals surface area contributed by atoms with Crippen LogP contribution in [0.1, 0.15) is 5.56 Å². The SMILES string of the molecule is C#Cc1ccc[nH]c1=S. The smallest absolute Gasteiger partial charge is 0.119 e. The third-order valence-electron chi connectivity index (χ3n) is 0.974. The van der Waals surface area contributed by atoms with Gasteiger partial charge in [0.2, 0.25) is 0 Å². The Labute approximate surface area is 58.7 Å². The van der Waals surface area contributed by atoms with Gasteiger partial charge in [-0.2, -0.15) is 0 Å². The molecule has 1 heterocycles. The highest BCUT2D eigenvalue weighted by Gasteiger charge is 1.83. The zero-order valence-corrected chi connectivity index (χ0v) is 5.53. The number of aromatic amines is 1. The van der Waals surface area contributed by atoms with Crippen molar-refractivity contribution in [3.63, 3.8) is 0 Å². The molecule has 1 N–H and O–H groups in total. The van der Waals surface area contributed by atoms with Crippen molar-refractivity contribution in [2.24, 2.45) is 0 Å². The summed E-state index contributed by atoms with van der Waals surface area (Å²) in [6.45, 7) is 0. The summed E-state index contributed by atoms with van der Waals surface area (Å²) in [6.07, 6.45) is 6.87. The Morgan fingerprint density at radius 2 is 2.44 bits per heavy atom. The first-order chi connectivity index (χ1) is 4.34. The summed E-state index contributed by atoms with van der Waals surface area (Å²) >= 11 is 4.85. The van der Waals surface area contributed by atoms with Crippen LogP contribution in [0.5, 0.6) is 0 Å². The molecule has 1 nitrogen and oxygen atoms in total. The highest BCUT2D eigenvalue weighted by atomic mass is 32.1. The Morgan fingerprint density at radius 1 is 1.67 bits per heavy atom. The van der Waals surface area contributed by atoms with Gasteiger partial charge < -0.3 is 4.98 Å². The topological polar surface area (TPSA) is 15.8 Å². The number of pyridine rings is 1. The minimum atomic E-state index is 0.625. The summed E-state index contributed by atoms with van der Waals surface area (Å²) in [7, 11) is 0. The van der Waals surface area contributed by atoms with Crippen molar-refractivity contribution >= 4 is 12.2 Å². The Kier molecular flexibility index (Phi) is 1.66. The average molecular weight is 135 g/mol. The van der Waals surface area contributed by atoms with Gasteiger partial charge in [-0.15, -0.1) is 6.42 Å². The van der Waals surface area contributed by atoms with E-state index in [1.165, 1.54) is 0 Å². The van der Waals surface area contributed by atoms with E-state index < -0.39 is 0 Å². The van der Waals surface area contributed by atoms with Crippen molar-refractivity contribution in [3.05, 3.63) is 28.5 Å². The molecule has 0 fully saturated rings. The van der Waals surface area contributed by atoms with Crippen molar-refractivity contribution < 1.29 is 0 Å². The van der Waals surface area contributed by atoms with Crippen LogP contribution in [0.2, 0.25) is 0 Å². The van der Waals surface area contributed by atoms with Crippen LogP contribution in [0, 0.1) is 17.0 Å². The first kappa shape index (κ1) is 6.06.